The van der Waals surface area contributed by atoms with Gasteiger partial charge in [-0.1, -0.05) is 66.7 Å². The summed E-state index contributed by atoms with van der Waals surface area (Å²) in [6, 6.07) is 25.6. The SMILES string of the molecule is COC(=O)NC(Cc1ccccc1)C(=O)N1CCCC1c1ncc(-c2ccc3c(c2)C(F)(F)c2cc(-c4cccc(N)c4)ccc2-3)[nH]1. The first-order valence-corrected chi connectivity index (χ1v) is 15.5. The van der Waals surface area contributed by atoms with Gasteiger partial charge in [-0.3, -0.25) is 4.79 Å². The Balaban J connectivity index is 1.14. The van der Waals surface area contributed by atoms with Gasteiger partial charge in [-0.25, -0.2) is 9.78 Å². The molecule has 1 saturated heterocycles. The minimum Gasteiger partial charge on any atom is -0.453 e. The van der Waals surface area contributed by atoms with Crippen LogP contribution in [0, 0.1) is 0 Å². The van der Waals surface area contributed by atoms with Gasteiger partial charge in [-0.15, -0.1) is 0 Å². The molecule has 2 aliphatic rings. The maximum absolute atomic E-state index is 16.0. The first-order valence-electron chi connectivity index (χ1n) is 15.5. The number of nitrogens with one attached hydrogen (secondary N) is 2. The van der Waals surface area contributed by atoms with E-state index in [1.165, 1.54) is 13.2 Å². The van der Waals surface area contributed by atoms with E-state index in [1.807, 2.05) is 42.5 Å². The van der Waals surface area contributed by atoms with Gasteiger partial charge in [0.05, 0.1) is 25.0 Å². The molecule has 0 saturated carbocycles. The van der Waals surface area contributed by atoms with E-state index in [0.717, 1.165) is 17.5 Å². The first-order chi connectivity index (χ1) is 22.7. The lowest BCUT2D eigenvalue weighted by Gasteiger charge is -2.28. The molecule has 1 aliphatic carbocycles. The fourth-order valence-electron chi connectivity index (χ4n) is 6.71. The summed E-state index contributed by atoms with van der Waals surface area (Å²) < 4.78 is 36.8. The molecule has 2 amide bonds. The van der Waals surface area contributed by atoms with Gasteiger partial charge < -0.3 is 25.7 Å². The number of alkyl carbamates (subject to hydrolysis) is 1. The Morgan fingerprint density at radius 1 is 0.979 bits per heavy atom. The van der Waals surface area contributed by atoms with Crippen LogP contribution in [-0.4, -0.2) is 46.6 Å². The van der Waals surface area contributed by atoms with Crippen LogP contribution in [0.4, 0.5) is 19.3 Å². The van der Waals surface area contributed by atoms with E-state index in [1.54, 1.807) is 53.6 Å². The molecular weight excluding hydrogens is 600 g/mol. The van der Waals surface area contributed by atoms with E-state index >= 15 is 8.78 Å². The molecular formula is C37H33F2N5O3. The summed E-state index contributed by atoms with van der Waals surface area (Å²) in [5, 5.41) is 2.69. The third-order valence-corrected chi connectivity index (χ3v) is 9.04. The molecule has 0 radical (unpaired) electrons. The molecule has 0 spiro atoms. The molecule has 1 fully saturated rings. The highest BCUT2D eigenvalue weighted by molar-refractivity contribution is 5.87. The molecule has 1 aliphatic heterocycles. The van der Waals surface area contributed by atoms with Crippen LogP contribution in [0.3, 0.4) is 0 Å². The number of rotatable bonds is 7. The second-order valence-corrected chi connectivity index (χ2v) is 12.0. The largest absolute Gasteiger partial charge is 0.453 e. The number of carbonyl (C=O) groups excluding carboxylic acids is 2. The van der Waals surface area contributed by atoms with Crippen LogP contribution in [0.2, 0.25) is 0 Å². The van der Waals surface area contributed by atoms with Crippen LogP contribution < -0.4 is 11.1 Å². The van der Waals surface area contributed by atoms with E-state index in [9.17, 15) is 9.59 Å². The first kappa shape index (κ1) is 30.2. The number of amides is 2. The number of nitrogens with zero attached hydrogens (tertiary/aromatic N) is 2. The smallest absolute Gasteiger partial charge is 0.407 e. The standard InChI is InChI=1S/C37H33F2N5O3/c1-47-36(46)43-31(17-22-7-3-2-4-8-22)35(45)44-16-6-11-33(44)34-41-21-32(42-34)25-13-15-28-27-14-12-24(23-9-5-10-26(40)18-23)19-29(27)37(38,39)30(28)20-25/h2-5,7-10,12-15,18-21,31,33H,6,11,16-17,40H2,1H3,(H,41,42)(H,43,46). The van der Waals surface area contributed by atoms with Gasteiger partial charge in [0, 0.05) is 35.3 Å². The molecule has 8 nitrogen and oxygen atoms in total. The molecule has 2 atom stereocenters. The lowest BCUT2D eigenvalue weighted by molar-refractivity contribution is -0.134. The summed E-state index contributed by atoms with van der Waals surface area (Å²) in [6.45, 7) is 0.495. The molecule has 4 aromatic carbocycles. The van der Waals surface area contributed by atoms with Gasteiger partial charge in [0.1, 0.15) is 11.9 Å². The Bertz CT molecular complexity index is 1980. The monoisotopic (exact) mass is 633 g/mol. The molecule has 2 heterocycles. The molecule has 2 unspecified atom stereocenters. The Labute approximate surface area is 270 Å². The molecule has 1 aromatic heterocycles. The number of methoxy groups -OCH3 is 1. The molecule has 10 heteroatoms. The van der Waals surface area contributed by atoms with Crippen molar-refractivity contribution in [1.29, 1.82) is 0 Å². The number of hydrogen-bond acceptors (Lipinski definition) is 5. The number of imidazole rings is 1. The summed E-state index contributed by atoms with van der Waals surface area (Å²) >= 11 is 0. The van der Waals surface area contributed by atoms with Crippen LogP contribution in [0.25, 0.3) is 33.5 Å². The third-order valence-electron chi connectivity index (χ3n) is 9.04. The zero-order valence-corrected chi connectivity index (χ0v) is 25.7. The van der Waals surface area contributed by atoms with Crippen molar-refractivity contribution in [2.24, 2.45) is 0 Å². The minimum atomic E-state index is -3.20. The molecule has 47 heavy (non-hydrogen) atoms. The number of nitrogen functional groups attached to an aromatic ring is 1. The van der Waals surface area contributed by atoms with Gasteiger partial charge >= 0.3 is 6.09 Å². The highest BCUT2D eigenvalue weighted by Gasteiger charge is 2.45. The number of fused-ring (bicyclic) bond motifs is 3. The summed E-state index contributed by atoms with van der Waals surface area (Å²) in [6.07, 6.45) is 2.65. The van der Waals surface area contributed by atoms with Crippen LogP contribution in [0.15, 0.2) is 97.2 Å². The lowest BCUT2D eigenvalue weighted by atomic mass is 9.98. The Morgan fingerprint density at radius 3 is 2.40 bits per heavy atom. The average molecular weight is 634 g/mol. The molecule has 7 rings (SSSR count). The number of halogens is 2. The van der Waals surface area contributed by atoms with E-state index in [4.69, 9.17) is 10.5 Å². The van der Waals surface area contributed by atoms with Gasteiger partial charge in [-0.05, 0) is 64.9 Å². The number of aromatic amines is 1. The Hall–Kier alpha value is -5.51. The second-order valence-electron chi connectivity index (χ2n) is 12.0. The molecule has 238 valence electrons. The van der Waals surface area contributed by atoms with Crippen LogP contribution in [0.5, 0.6) is 0 Å². The fourth-order valence-corrected chi connectivity index (χ4v) is 6.71. The van der Waals surface area contributed by atoms with Crippen molar-refractivity contribution < 1.29 is 23.1 Å². The van der Waals surface area contributed by atoms with Crippen molar-refractivity contribution in [1.82, 2.24) is 20.2 Å². The number of benzene rings is 4. The summed E-state index contributed by atoms with van der Waals surface area (Å²) in [4.78, 5) is 35.6. The maximum Gasteiger partial charge on any atom is 0.407 e. The van der Waals surface area contributed by atoms with Crippen LogP contribution >= 0.6 is 0 Å². The summed E-state index contributed by atoms with van der Waals surface area (Å²) in [5.74, 6) is -2.88. The van der Waals surface area contributed by atoms with E-state index < -0.39 is 18.1 Å². The zero-order chi connectivity index (χ0) is 32.7. The Kier molecular flexibility index (Phi) is 7.71. The topological polar surface area (TPSA) is 113 Å². The number of alkyl halides is 2. The molecule has 4 N–H and O–H groups in total. The highest BCUT2D eigenvalue weighted by atomic mass is 19.3. The number of aromatic nitrogens is 2. The van der Waals surface area contributed by atoms with E-state index in [0.29, 0.717) is 58.8 Å². The van der Waals surface area contributed by atoms with Gasteiger partial charge in [0.25, 0.3) is 5.92 Å². The zero-order valence-electron chi connectivity index (χ0n) is 25.7. The van der Waals surface area contributed by atoms with E-state index in [2.05, 4.69) is 15.3 Å². The van der Waals surface area contributed by atoms with Gasteiger partial charge in [0.2, 0.25) is 5.91 Å². The number of carbonyl (C=O) groups is 2. The van der Waals surface area contributed by atoms with Gasteiger partial charge in [0.15, 0.2) is 0 Å². The normalized spacial score (nSPS) is 16.7. The van der Waals surface area contributed by atoms with Crippen molar-refractivity contribution >= 4 is 17.7 Å². The lowest BCUT2D eigenvalue weighted by Crippen LogP contribution is -2.49. The quantitative estimate of drug-likeness (QED) is 0.166. The van der Waals surface area contributed by atoms with E-state index in [-0.39, 0.29) is 23.1 Å². The van der Waals surface area contributed by atoms with Crippen molar-refractivity contribution in [2.45, 2.75) is 37.3 Å². The fraction of sp³-hybridized carbons (Fsp3) is 0.216. The number of anilines is 1. The highest BCUT2D eigenvalue weighted by Crippen LogP contribution is 2.52. The summed E-state index contributed by atoms with van der Waals surface area (Å²) in [7, 11) is 1.26. The number of hydrogen-bond donors (Lipinski definition) is 3. The number of likely N-dealkylation sites (tertiary alicyclic amines) is 1. The summed E-state index contributed by atoms with van der Waals surface area (Å²) in [5.41, 5.74) is 10.9. The van der Waals surface area contributed by atoms with Crippen molar-refractivity contribution in [3.63, 3.8) is 0 Å². The number of ether oxygens (including phenoxy) is 1. The minimum absolute atomic E-state index is 0.0411. The van der Waals surface area contributed by atoms with Crippen molar-refractivity contribution in [2.75, 3.05) is 19.4 Å². The van der Waals surface area contributed by atoms with Crippen molar-refractivity contribution in [3.8, 4) is 33.5 Å². The van der Waals surface area contributed by atoms with Crippen molar-refractivity contribution in [3.05, 3.63) is 120 Å². The number of nitrogens with two attached hydrogens (primary N) is 1. The maximum atomic E-state index is 16.0. The predicted molar refractivity (Wildman–Crippen MR) is 175 cm³/mol. The average Bonchev–Trinajstić information content (AvgIpc) is 3.82. The molecule has 0 bridgehead atoms. The van der Waals surface area contributed by atoms with Crippen LogP contribution in [0.1, 0.15) is 41.4 Å². The molecule has 5 aromatic rings. The predicted octanol–water partition coefficient (Wildman–Crippen LogP) is 7.08. The number of H-pyrrole nitrogens is 1. The Morgan fingerprint density at radius 2 is 1.68 bits per heavy atom. The third kappa shape index (κ3) is 5.60. The van der Waals surface area contributed by atoms with Gasteiger partial charge in [-0.2, -0.15) is 8.78 Å². The second kappa shape index (κ2) is 12.0. The van der Waals surface area contributed by atoms with Crippen LogP contribution in [-0.2, 0) is 21.9 Å².